The summed E-state index contributed by atoms with van der Waals surface area (Å²) < 4.78 is 5.81. The molecule has 0 saturated carbocycles. The molecule has 0 fully saturated rings. The van der Waals surface area contributed by atoms with Crippen LogP contribution in [0.5, 0.6) is 5.75 Å². The first-order valence-corrected chi connectivity index (χ1v) is 8.64. The van der Waals surface area contributed by atoms with Crippen molar-refractivity contribution in [2.75, 3.05) is 10.6 Å². The fraction of sp³-hybridized carbons (Fsp3) is 0.211. The maximum atomic E-state index is 6.15. The van der Waals surface area contributed by atoms with E-state index in [1.54, 1.807) is 6.20 Å². The lowest BCUT2D eigenvalue weighted by atomic mass is 10.2. The topological polar surface area (TPSA) is 72.0 Å². The minimum absolute atomic E-state index is 0.0741. The summed E-state index contributed by atoms with van der Waals surface area (Å²) in [5.41, 5.74) is 2.61. The first-order valence-electron chi connectivity index (χ1n) is 8.27. The number of hydrogen-bond donors (Lipinski definition) is 2. The quantitative estimate of drug-likeness (QED) is 0.629. The zero-order valence-corrected chi connectivity index (χ0v) is 15.6. The molecule has 7 heteroatoms. The van der Waals surface area contributed by atoms with Crippen molar-refractivity contribution < 1.29 is 4.74 Å². The predicted octanol–water partition coefficient (Wildman–Crippen LogP) is 5.11. The van der Waals surface area contributed by atoms with Crippen molar-refractivity contribution in [2.45, 2.75) is 26.9 Å². The van der Waals surface area contributed by atoms with Crippen molar-refractivity contribution in [1.82, 2.24) is 15.2 Å². The standard InChI is InChI=1S/C19H20ClN5O/c1-12(2)26-17-7-5-4-6-16(17)23-18-11-21-25-19(24-18)22-14-9-8-13(3)15(20)10-14/h4-12H,1-3H3,(H2,22,23,24,25). The number of aryl methyl sites for hydroxylation is 1. The second-order valence-electron chi connectivity index (χ2n) is 6.04. The highest BCUT2D eigenvalue weighted by atomic mass is 35.5. The summed E-state index contributed by atoms with van der Waals surface area (Å²) in [6, 6.07) is 13.4. The molecule has 0 bridgehead atoms. The van der Waals surface area contributed by atoms with E-state index >= 15 is 0 Å². The smallest absolute Gasteiger partial charge is 0.249 e. The van der Waals surface area contributed by atoms with Gasteiger partial charge in [0.1, 0.15) is 5.75 Å². The Morgan fingerprint density at radius 1 is 1.08 bits per heavy atom. The van der Waals surface area contributed by atoms with E-state index < -0.39 is 0 Å². The lowest BCUT2D eigenvalue weighted by Crippen LogP contribution is -2.08. The monoisotopic (exact) mass is 369 g/mol. The molecule has 0 radical (unpaired) electrons. The first-order chi connectivity index (χ1) is 12.5. The Morgan fingerprint density at radius 3 is 2.65 bits per heavy atom. The van der Waals surface area contributed by atoms with E-state index in [2.05, 4.69) is 25.8 Å². The fourth-order valence-corrected chi connectivity index (χ4v) is 2.46. The zero-order valence-electron chi connectivity index (χ0n) is 14.8. The number of hydrogen-bond acceptors (Lipinski definition) is 6. The van der Waals surface area contributed by atoms with Crippen LogP contribution in [0.2, 0.25) is 5.02 Å². The minimum Gasteiger partial charge on any atom is -0.489 e. The molecule has 1 heterocycles. The number of nitrogens with zero attached hydrogens (tertiary/aromatic N) is 3. The Bertz CT molecular complexity index is 901. The lowest BCUT2D eigenvalue weighted by Gasteiger charge is -2.15. The van der Waals surface area contributed by atoms with Crippen LogP contribution in [-0.4, -0.2) is 21.3 Å². The van der Waals surface area contributed by atoms with E-state index in [-0.39, 0.29) is 6.10 Å². The summed E-state index contributed by atoms with van der Waals surface area (Å²) in [6.07, 6.45) is 1.63. The molecule has 6 nitrogen and oxygen atoms in total. The molecule has 0 saturated heterocycles. The number of anilines is 4. The molecule has 0 aliphatic carbocycles. The number of benzene rings is 2. The van der Waals surface area contributed by atoms with E-state index in [0.29, 0.717) is 16.8 Å². The third kappa shape index (κ3) is 4.61. The normalized spacial score (nSPS) is 10.7. The minimum atomic E-state index is 0.0741. The predicted molar refractivity (Wildman–Crippen MR) is 105 cm³/mol. The van der Waals surface area contributed by atoms with Gasteiger partial charge in [-0.25, -0.2) is 0 Å². The Hall–Kier alpha value is -2.86. The van der Waals surface area contributed by atoms with Crippen LogP contribution in [0, 0.1) is 6.92 Å². The van der Waals surface area contributed by atoms with E-state index in [1.165, 1.54) is 0 Å². The second-order valence-corrected chi connectivity index (χ2v) is 6.45. The molecule has 1 aromatic heterocycles. The average Bonchev–Trinajstić information content (AvgIpc) is 2.60. The molecule has 0 unspecified atom stereocenters. The van der Waals surface area contributed by atoms with Gasteiger partial charge in [0.15, 0.2) is 5.82 Å². The van der Waals surface area contributed by atoms with Crippen LogP contribution < -0.4 is 15.4 Å². The van der Waals surface area contributed by atoms with Gasteiger partial charge < -0.3 is 15.4 Å². The SMILES string of the molecule is Cc1ccc(Nc2nncc(Nc3ccccc3OC(C)C)n2)cc1Cl. The fourth-order valence-electron chi connectivity index (χ4n) is 2.28. The Balaban J connectivity index is 1.78. The second kappa shape index (κ2) is 8.01. The molecule has 0 spiro atoms. The van der Waals surface area contributed by atoms with Gasteiger partial charge in [-0.3, -0.25) is 0 Å². The van der Waals surface area contributed by atoms with Crippen molar-refractivity contribution in [3.63, 3.8) is 0 Å². The van der Waals surface area contributed by atoms with E-state index in [0.717, 1.165) is 22.7 Å². The van der Waals surface area contributed by atoms with Gasteiger partial charge in [0, 0.05) is 10.7 Å². The summed E-state index contributed by atoms with van der Waals surface area (Å²) in [4.78, 5) is 4.44. The van der Waals surface area contributed by atoms with Crippen molar-refractivity contribution in [3.05, 3.63) is 59.2 Å². The maximum absolute atomic E-state index is 6.15. The van der Waals surface area contributed by atoms with Crippen molar-refractivity contribution in [2.24, 2.45) is 0 Å². The van der Waals surface area contributed by atoms with Crippen LogP contribution in [0.4, 0.5) is 23.1 Å². The summed E-state index contributed by atoms with van der Waals surface area (Å²) in [7, 11) is 0. The molecular formula is C19H20ClN5O. The third-order valence-electron chi connectivity index (χ3n) is 3.50. The summed E-state index contributed by atoms with van der Waals surface area (Å²) >= 11 is 6.15. The Morgan fingerprint density at radius 2 is 1.88 bits per heavy atom. The van der Waals surface area contributed by atoms with Crippen LogP contribution in [0.15, 0.2) is 48.7 Å². The number of aromatic nitrogens is 3. The molecule has 2 aromatic carbocycles. The van der Waals surface area contributed by atoms with Crippen LogP contribution in [0.3, 0.4) is 0 Å². The van der Waals surface area contributed by atoms with Gasteiger partial charge >= 0.3 is 0 Å². The molecule has 0 atom stereocenters. The molecule has 3 rings (SSSR count). The van der Waals surface area contributed by atoms with Crippen LogP contribution in [-0.2, 0) is 0 Å². The van der Waals surface area contributed by atoms with Gasteiger partial charge in [-0.15, -0.1) is 5.10 Å². The summed E-state index contributed by atoms with van der Waals surface area (Å²) in [5.74, 6) is 1.68. The number of para-hydroxylation sites is 2. The van der Waals surface area contributed by atoms with Gasteiger partial charge in [0.2, 0.25) is 5.95 Å². The summed E-state index contributed by atoms with van der Waals surface area (Å²) in [5, 5.41) is 15.0. The highest BCUT2D eigenvalue weighted by Gasteiger charge is 2.08. The number of nitrogens with one attached hydrogen (secondary N) is 2. The lowest BCUT2D eigenvalue weighted by molar-refractivity contribution is 0.244. The van der Waals surface area contributed by atoms with Crippen molar-refractivity contribution in [3.8, 4) is 5.75 Å². The summed E-state index contributed by atoms with van der Waals surface area (Å²) in [6.45, 7) is 5.92. The van der Waals surface area contributed by atoms with Crippen LogP contribution in [0.1, 0.15) is 19.4 Å². The van der Waals surface area contributed by atoms with E-state index in [9.17, 15) is 0 Å². The molecular weight excluding hydrogens is 350 g/mol. The Labute approximate surface area is 157 Å². The maximum Gasteiger partial charge on any atom is 0.249 e. The molecule has 0 amide bonds. The zero-order chi connectivity index (χ0) is 18.5. The van der Waals surface area contributed by atoms with Gasteiger partial charge in [-0.1, -0.05) is 29.8 Å². The van der Waals surface area contributed by atoms with Gasteiger partial charge in [-0.2, -0.15) is 10.1 Å². The highest BCUT2D eigenvalue weighted by molar-refractivity contribution is 6.31. The molecule has 26 heavy (non-hydrogen) atoms. The average molecular weight is 370 g/mol. The molecule has 3 aromatic rings. The highest BCUT2D eigenvalue weighted by Crippen LogP contribution is 2.28. The number of ether oxygens (including phenoxy) is 1. The third-order valence-corrected chi connectivity index (χ3v) is 3.91. The van der Waals surface area contributed by atoms with Gasteiger partial charge in [0.25, 0.3) is 0 Å². The number of halogens is 1. The van der Waals surface area contributed by atoms with Gasteiger partial charge in [-0.05, 0) is 50.6 Å². The van der Waals surface area contributed by atoms with E-state index in [4.69, 9.17) is 16.3 Å². The van der Waals surface area contributed by atoms with Crippen LogP contribution >= 0.6 is 11.6 Å². The van der Waals surface area contributed by atoms with E-state index in [1.807, 2.05) is 63.2 Å². The van der Waals surface area contributed by atoms with Crippen molar-refractivity contribution >= 4 is 34.7 Å². The van der Waals surface area contributed by atoms with Gasteiger partial charge in [0.05, 0.1) is 18.0 Å². The molecule has 2 N–H and O–H groups in total. The Kier molecular flexibility index (Phi) is 5.53. The molecule has 0 aliphatic rings. The van der Waals surface area contributed by atoms with Crippen LogP contribution in [0.25, 0.3) is 0 Å². The first kappa shape index (κ1) is 17.9. The molecule has 0 aliphatic heterocycles. The van der Waals surface area contributed by atoms with Crippen molar-refractivity contribution in [1.29, 1.82) is 0 Å². The largest absolute Gasteiger partial charge is 0.489 e. The molecule has 134 valence electrons. The number of rotatable bonds is 6.